The van der Waals surface area contributed by atoms with Crippen molar-refractivity contribution in [2.75, 3.05) is 19.7 Å². The fraction of sp³-hybridized carbons (Fsp3) is 0.379. The maximum Gasteiger partial charge on any atom is 0.115 e. The zero-order chi connectivity index (χ0) is 21.9. The smallest absolute Gasteiger partial charge is 0.115 e. The Bertz CT molecular complexity index is 1040. The molecule has 3 aromatic carbocycles. The summed E-state index contributed by atoms with van der Waals surface area (Å²) in [5.74, 6) is 1.11. The fourth-order valence-electron chi connectivity index (χ4n) is 5.39. The van der Waals surface area contributed by atoms with Crippen LogP contribution in [0.1, 0.15) is 64.5 Å². The highest BCUT2D eigenvalue weighted by atomic mass is 16.7. The van der Waals surface area contributed by atoms with E-state index in [-0.39, 0.29) is 0 Å². The van der Waals surface area contributed by atoms with Gasteiger partial charge in [-0.05, 0) is 84.9 Å². The predicted molar refractivity (Wildman–Crippen MR) is 129 cm³/mol. The number of hydrogen-bond donors (Lipinski definition) is 1. The number of nitrogens with zero attached hydrogens (tertiary/aromatic N) is 1. The average molecular weight is 428 g/mol. The van der Waals surface area contributed by atoms with Crippen molar-refractivity contribution in [3.8, 4) is 5.75 Å². The first-order valence-corrected chi connectivity index (χ1v) is 12.0. The van der Waals surface area contributed by atoms with Crippen molar-refractivity contribution in [2.24, 2.45) is 0 Å². The lowest BCUT2D eigenvalue weighted by Gasteiger charge is -2.35. The van der Waals surface area contributed by atoms with Crippen molar-refractivity contribution in [1.29, 1.82) is 0 Å². The van der Waals surface area contributed by atoms with Crippen LogP contribution in [0.2, 0.25) is 0 Å². The zero-order valence-electron chi connectivity index (χ0n) is 19.0. The molecule has 1 fully saturated rings. The number of phenols is 1. The molecule has 0 bridgehead atoms. The SMILES string of the molecule is Cc1ccc([C@H]2CCc3cc(O)ccc3[C@H]2c2ccc(CCON3CCCC3)cc2)cc1. The van der Waals surface area contributed by atoms with Crippen molar-refractivity contribution in [2.45, 2.75) is 50.9 Å². The Labute approximate surface area is 191 Å². The lowest BCUT2D eigenvalue weighted by atomic mass is 9.69. The molecule has 3 heteroatoms. The molecule has 2 atom stereocenters. The normalized spacial score (nSPS) is 20.9. The predicted octanol–water partition coefficient (Wildman–Crippen LogP) is 6.13. The van der Waals surface area contributed by atoms with Gasteiger partial charge in [0, 0.05) is 19.0 Å². The second kappa shape index (κ2) is 9.48. The van der Waals surface area contributed by atoms with Crippen LogP contribution in [0, 0.1) is 6.92 Å². The summed E-state index contributed by atoms with van der Waals surface area (Å²) in [6.45, 7) is 5.02. The third kappa shape index (κ3) is 4.60. The summed E-state index contributed by atoms with van der Waals surface area (Å²) in [4.78, 5) is 5.91. The summed E-state index contributed by atoms with van der Waals surface area (Å²) in [5, 5.41) is 12.1. The molecular formula is C29H33NO2. The summed E-state index contributed by atoms with van der Waals surface area (Å²) in [6.07, 6.45) is 5.53. The third-order valence-electron chi connectivity index (χ3n) is 7.16. The molecule has 1 aliphatic carbocycles. The van der Waals surface area contributed by atoms with Gasteiger partial charge in [0.25, 0.3) is 0 Å². The molecule has 0 aromatic heterocycles. The Kier molecular flexibility index (Phi) is 6.29. The van der Waals surface area contributed by atoms with Crippen LogP contribution < -0.4 is 0 Å². The highest BCUT2D eigenvalue weighted by Crippen LogP contribution is 2.47. The van der Waals surface area contributed by atoms with Gasteiger partial charge in [-0.3, -0.25) is 4.84 Å². The molecule has 0 amide bonds. The minimum absolute atomic E-state index is 0.303. The molecule has 1 heterocycles. The first-order chi connectivity index (χ1) is 15.7. The van der Waals surface area contributed by atoms with E-state index in [2.05, 4.69) is 66.6 Å². The van der Waals surface area contributed by atoms with E-state index in [1.54, 1.807) is 0 Å². The number of hydroxylamine groups is 2. The van der Waals surface area contributed by atoms with Crippen LogP contribution in [-0.2, 0) is 17.7 Å². The molecule has 0 radical (unpaired) electrons. The topological polar surface area (TPSA) is 32.7 Å². The molecule has 1 aliphatic heterocycles. The van der Waals surface area contributed by atoms with Gasteiger partial charge in [-0.15, -0.1) is 0 Å². The Morgan fingerprint density at radius 2 is 1.62 bits per heavy atom. The van der Waals surface area contributed by atoms with Crippen LogP contribution in [0.5, 0.6) is 5.75 Å². The average Bonchev–Trinajstić information content (AvgIpc) is 3.33. The van der Waals surface area contributed by atoms with Crippen LogP contribution in [0.4, 0.5) is 0 Å². The second-order valence-corrected chi connectivity index (χ2v) is 9.38. The summed E-state index contributed by atoms with van der Waals surface area (Å²) >= 11 is 0. The molecule has 5 rings (SSSR count). The van der Waals surface area contributed by atoms with Crippen molar-refractivity contribution < 1.29 is 9.94 Å². The fourth-order valence-corrected chi connectivity index (χ4v) is 5.39. The number of phenolic OH excluding ortho intramolecular Hbond substituents is 1. The molecule has 1 N–H and O–H groups in total. The van der Waals surface area contributed by atoms with Crippen LogP contribution in [0.25, 0.3) is 0 Å². The first-order valence-electron chi connectivity index (χ1n) is 12.0. The lowest BCUT2D eigenvalue weighted by molar-refractivity contribution is -0.141. The lowest BCUT2D eigenvalue weighted by Crippen LogP contribution is -2.21. The van der Waals surface area contributed by atoms with E-state index < -0.39 is 0 Å². The van der Waals surface area contributed by atoms with E-state index in [1.165, 1.54) is 46.2 Å². The van der Waals surface area contributed by atoms with E-state index in [9.17, 15) is 5.11 Å². The summed E-state index contributed by atoms with van der Waals surface area (Å²) < 4.78 is 0. The number of hydrogen-bond acceptors (Lipinski definition) is 3. The highest BCUT2D eigenvalue weighted by Gasteiger charge is 2.32. The molecule has 0 unspecified atom stereocenters. The number of benzene rings is 3. The Hall–Kier alpha value is -2.62. The van der Waals surface area contributed by atoms with E-state index in [4.69, 9.17) is 4.84 Å². The largest absolute Gasteiger partial charge is 0.508 e. The number of aryl methyl sites for hydroxylation is 2. The molecule has 0 saturated carbocycles. The van der Waals surface area contributed by atoms with Gasteiger partial charge in [0.1, 0.15) is 5.75 Å². The quantitative estimate of drug-likeness (QED) is 0.513. The van der Waals surface area contributed by atoms with Crippen LogP contribution >= 0.6 is 0 Å². The van der Waals surface area contributed by atoms with Gasteiger partial charge in [-0.25, -0.2) is 0 Å². The van der Waals surface area contributed by atoms with E-state index >= 15 is 0 Å². The summed E-state index contributed by atoms with van der Waals surface area (Å²) in [6, 6.07) is 24.1. The highest BCUT2D eigenvalue weighted by molar-refractivity contribution is 5.47. The minimum atomic E-state index is 0.303. The van der Waals surface area contributed by atoms with Gasteiger partial charge in [0.05, 0.1) is 6.61 Å². The zero-order valence-corrected chi connectivity index (χ0v) is 19.0. The maximum absolute atomic E-state index is 10.0. The van der Waals surface area contributed by atoms with Crippen molar-refractivity contribution in [1.82, 2.24) is 5.06 Å². The molecule has 1 saturated heterocycles. The maximum atomic E-state index is 10.0. The van der Waals surface area contributed by atoms with Crippen LogP contribution in [0.15, 0.2) is 66.7 Å². The summed E-state index contributed by atoms with van der Waals surface area (Å²) in [7, 11) is 0. The molecule has 32 heavy (non-hydrogen) atoms. The van der Waals surface area contributed by atoms with E-state index in [0.717, 1.165) is 39.0 Å². The van der Waals surface area contributed by atoms with E-state index in [1.807, 2.05) is 12.1 Å². The monoisotopic (exact) mass is 427 g/mol. The Balaban J connectivity index is 1.39. The van der Waals surface area contributed by atoms with Crippen molar-refractivity contribution in [3.05, 3.63) is 100 Å². The van der Waals surface area contributed by atoms with Gasteiger partial charge < -0.3 is 5.11 Å². The van der Waals surface area contributed by atoms with Gasteiger partial charge in [-0.1, -0.05) is 60.2 Å². The van der Waals surface area contributed by atoms with Gasteiger partial charge in [-0.2, -0.15) is 5.06 Å². The summed E-state index contributed by atoms with van der Waals surface area (Å²) in [5.41, 5.74) is 8.01. The molecule has 2 aliphatic rings. The molecular weight excluding hydrogens is 394 g/mol. The third-order valence-corrected chi connectivity index (χ3v) is 7.16. The van der Waals surface area contributed by atoms with Gasteiger partial charge >= 0.3 is 0 Å². The minimum Gasteiger partial charge on any atom is -0.508 e. The van der Waals surface area contributed by atoms with Gasteiger partial charge in [0.2, 0.25) is 0 Å². The van der Waals surface area contributed by atoms with Crippen LogP contribution in [-0.4, -0.2) is 29.9 Å². The molecule has 3 aromatic rings. The van der Waals surface area contributed by atoms with Gasteiger partial charge in [0.15, 0.2) is 0 Å². The van der Waals surface area contributed by atoms with E-state index in [0.29, 0.717) is 17.6 Å². The standard InChI is InChI=1S/C29H33NO2/c1-21-4-8-23(9-5-21)27-14-12-25-20-26(31)13-15-28(25)29(27)24-10-6-22(7-11-24)16-19-32-30-17-2-3-18-30/h4-11,13,15,20,27,29,31H,2-3,12,14,16-19H2,1H3/t27-,29+/m1/s1. The van der Waals surface area contributed by atoms with Crippen LogP contribution in [0.3, 0.4) is 0 Å². The number of rotatable bonds is 6. The first kappa shape index (κ1) is 21.2. The molecule has 3 nitrogen and oxygen atoms in total. The Morgan fingerprint density at radius 3 is 2.38 bits per heavy atom. The number of fused-ring (bicyclic) bond motifs is 1. The molecule has 0 spiro atoms. The van der Waals surface area contributed by atoms with Crippen molar-refractivity contribution >= 4 is 0 Å². The number of aromatic hydroxyl groups is 1. The molecule has 166 valence electrons. The Morgan fingerprint density at radius 1 is 0.906 bits per heavy atom. The van der Waals surface area contributed by atoms with Crippen molar-refractivity contribution in [3.63, 3.8) is 0 Å². The second-order valence-electron chi connectivity index (χ2n) is 9.38.